The normalized spacial score (nSPS) is 10.4. The maximum absolute atomic E-state index is 5.90. The van der Waals surface area contributed by atoms with Gasteiger partial charge in [-0.05, 0) is 44.4 Å². The minimum Gasteiger partial charge on any atom is -0.438 e. The predicted molar refractivity (Wildman–Crippen MR) is 75.3 cm³/mol. The summed E-state index contributed by atoms with van der Waals surface area (Å²) in [6.07, 6.45) is 0. The van der Waals surface area contributed by atoms with Crippen LogP contribution in [-0.4, -0.2) is 9.97 Å². The first-order valence-corrected chi connectivity index (χ1v) is 6.08. The van der Waals surface area contributed by atoms with Crippen LogP contribution in [0.5, 0.6) is 11.6 Å². The Labute approximate surface area is 112 Å². The zero-order chi connectivity index (χ0) is 14.0. The van der Waals surface area contributed by atoms with Gasteiger partial charge < -0.3 is 10.2 Å². The quantitative estimate of drug-likeness (QED) is 0.654. The monoisotopic (exact) mass is 258 g/mol. The van der Waals surface area contributed by atoms with Gasteiger partial charge in [-0.15, -0.1) is 0 Å². The van der Waals surface area contributed by atoms with Crippen molar-refractivity contribution in [3.8, 4) is 11.6 Å². The van der Waals surface area contributed by atoms with Gasteiger partial charge in [-0.3, -0.25) is 0 Å². The van der Waals surface area contributed by atoms with Crippen molar-refractivity contribution in [2.45, 2.75) is 27.7 Å². The first-order valence-electron chi connectivity index (χ1n) is 6.08. The van der Waals surface area contributed by atoms with Gasteiger partial charge in [0, 0.05) is 6.07 Å². The molecule has 0 aliphatic carbocycles. The van der Waals surface area contributed by atoms with E-state index in [0.717, 1.165) is 16.9 Å². The lowest BCUT2D eigenvalue weighted by molar-refractivity contribution is 0.453. The van der Waals surface area contributed by atoms with Crippen LogP contribution in [0, 0.1) is 27.7 Å². The van der Waals surface area contributed by atoms with Crippen molar-refractivity contribution in [3.63, 3.8) is 0 Å². The Bertz CT molecular complexity index is 611. The minimum atomic E-state index is 0.484. The molecule has 100 valence electrons. The van der Waals surface area contributed by atoms with E-state index in [0.29, 0.717) is 17.5 Å². The summed E-state index contributed by atoms with van der Waals surface area (Å²) in [5, 5.41) is 0. The van der Waals surface area contributed by atoms with E-state index in [1.54, 1.807) is 13.0 Å². The van der Waals surface area contributed by atoms with E-state index in [9.17, 15) is 0 Å². The van der Waals surface area contributed by atoms with Gasteiger partial charge in [-0.1, -0.05) is 12.1 Å². The molecule has 2 aromatic rings. The first kappa shape index (κ1) is 13.3. The molecule has 1 heterocycles. The van der Waals surface area contributed by atoms with Crippen molar-refractivity contribution in [1.29, 1.82) is 0 Å². The van der Waals surface area contributed by atoms with Crippen molar-refractivity contribution in [1.82, 2.24) is 9.97 Å². The molecule has 5 nitrogen and oxygen atoms in total. The largest absolute Gasteiger partial charge is 0.438 e. The summed E-state index contributed by atoms with van der Waals surface area (Å²) >= 11 is 0. The van der Waals surface area contributed by atoms with Crippen LogP contribution >= 0.6 is 0 Å². The highest BCUT2D eigenvalue weighted by molar-refractivity contribution is 5.47. The van der Waals surface area contributed by atoms with Gasteiger partial charge in [-0.2, -0.15) is 4.98 Å². The molecule has 0 saturated carbocycles. The van der Waals surface area contributed by atoms with Crippen molar-refractivity contribution in [2.75, 3.05) is 5.43 Å². The number of aryl methyl sites for hydroxylation is 3. The SMILES string of the molecule is Cc1nc(NN)cc(Oc2c(C)ccc(C)c2C)n1. The molecule has 0 spiro atoms. The fraction of sp³-hybridized carbons (Fsp3) is 0.286. The number of nitrogens with two attached hydrogens (primary N) is 1. The maximum Gasteiger partial charge on any atom is 0.224 e. The number of anilines is 1. The lowest BCUT2D eigenvalue weighted by atomic mass is 10.1. The summed E-state index contributed by atoms with van der Waals surface area (Å²) in [6.45, 7) is 7.90. The molecular formula is C14H18N4O. The molecule has 0 unspecified atom stereocenters. The zero-order valence-electron chi connectivity index (χ0n) is 11.6. The number of ether oxygens (including phenoxy) is 1. The number of hydrogen-bond acceptors (Lipinski definition) is 5. The summed E-state index contributed by atoms with van der Waals surface area (Å²) in [5.41, 5.74) is 5.87. The van der Waals surface area contributed by atoms with E-state index in [1.165, 1.54) is 5.56 Å². The van der Waals surface area contributed by atoms with Gasteiger partial charge in [0.25, 0.3) is 0 Å². The Morgan fingerprint density at radius 3 is 2.42 bits per heavy atom. The number of nitrogen functional groups attached to an aromatic ring is 1. The van der Waals surface area contributed by atoms with Crippen LogP contribution in [0.1, 0.15) is 22.5 Å². The summed E-state index contributed by atoms with van der Waals surface area (Å²) in [7, 11) is 0. The second kappa shape index (κ2) is 5.24. The number of benzene rings is 1. The summed E-state index contributed by atoms with van der Waals surface area (Å²) in [6, 6.07) is 5.79. The Balaban J connectivity index is 2.41. The summed E-state index contributed by atoms with van der Waals surface area (Å²) in [5.74, 6) is 7.82. The molecule has 3 N–H and O–H groups in total. The topological polar surface area (TPSA) is 73.1 Å². The van der Waals surface area contributed by atoms with Gasteiger partial charge >= 0.3 is 0 Å². The third kappa shape index (κ3) is 2.82. The molecule has 0 aliphatic rings. The molecule has 2 rings (SSSR count). The Kier molecular flexibility index (Phi) is 3.66. The molecule has 19 heavy (non-hydrogen) atoms. The van der Waals surface area contributed by atoms with Crippen LogP contribution in [0.2, 0.25) is 0 Å². The summed E-state index contributed by atoms with van der Waals surface area (Å²) < 4.78 is 5.90. The van der Waals surface area contributed by atoms with Gasteiger partial charge in [0.15, 0.2) is 0 Å². The highest BCUT2D eigenvalue weighted by Gasteiger charge is 2.10. The van der Waals surface area contributed by atoms with Crippen LogP contribution in [0.4, 0.5) is 5.82 Å². The van der Waals surface area contributed by atoms with E-state index >= 15 is 0 Å². The summed E-state index contributed by atoms with van der Waals surface area (Å²) in [4.78, 5) is 8.39. The van der Waals surface area contributed by atoms with Crippen molar-refractivity contribution in [2.24, 2.45) is 5.84 Å². The molecule has 0 bridgehead atoms. The second-order valence-corrected chi connectivity index (χ2v) is 4.54. The molecule has 0 saturated heterocycles. The molecule has 1 aromatic heterocycles. The number of nitrogens with zero attached hydrogens (tertiary/aromatic N) is 2. The van der Waals surface area contributed by atoms with E-state index in [1.807, 2.05) is 19.9 Å². The third-order valence-corrected chi connectivity index (χ3v) is 3.04. The smallest absolute Gasteiger partial charge is 0.224 e. The molecule has 1 aromatic carbocycles. The van der Waals surface area contributed by atoms with Crippen molar-refractivity contribution < 1.29 is 4.74 Å². The minimum absolute atomic E-state index is 0.484. The number of hydrazine groups is 1. The number of hydrogen-bond donors (Lipinski definition) is 2. The van der Waals surface area contributed by atoms with Crippen LogP contribution in [0.3, 0.4) is 0 Å². The standard InChI is InChI=1S/C14H18N4O/c1-8-5-6-9(2)14(10(8)3)19-13-7-12(18-15)16-11(4)17-13/h5-7H,15H2,1-4H3,(H,16,17,18). The fourth-order valence-corrected chi connectivity index (χ4v) is 1.85. The van der Waals surface area contributed by atoms with Crippen LogP contribution < -0.4 is 16.0 Å². The number of aromatic nitrogens is 2. The van der Waals surface area contributed by atoms with Gasteiger partial charge in [0.1, 0.15) is 17.4 Å². The average molecular weight is 258 g/mol. The van der Waals surface area contributed by atoms with Crippen LogP contribution in [-0.2, 0) is 0 Å². The van der Waals surface area contributed by atoms with Crippen molar-refractivity contribution >= 4 is 5.82 Å². The highest BCUT2D eigenvalue weighted by atomic mass is 16.5. The molecule has 0 atom stereocenters. The third-order valence-electron chi connectivity index (χ3n) is 3.04. The number of nitrogens with one attached hydrogen (secondary N) is 1. The lowest BCUT2D eigenvalue weighted by Crippen LogP contribution is -2.10. The molecule has 5 heteroatoms. The van der Waals surface area contributed by atoms with E-state index in [4.69, 9.17) is 10.6 Å². The highest BCUT2D eigenvalue weighted by Crippen LogP contribution is 2.30. The predicted octanol–water partition coefficient (Wildman–Crippen LogP) is 2.79. The molecular weight excluding hydrogens is 240 g/mol. The van der Waals surface area contributed by atoms with Gasteiger partial charge in [0.2, 0.25) is 5.88 Å². The second-order valence-electron chi connectivity index (χ2n) is 4.54. The van der Waals surface area contributed by atoms with Gasteiger partial charge in [0.05, 0.1) is 0 Å². The first-order chi connectivity index (χ1) is 9.01. The molecule has 0 amide bonds. The maximum atomic E-state index is 5.90. The Hall–Kier alpha value is -2.14. The van der Waals surface area contributed by atoms with Gasteiger partial charge in [-0.25, -0.2) is 10.8 Å². The Morgan fingerprint density at radius 1 is 1.05 bits per heavy atom. The molecule has 0 aliphatic heterocycles. The number of rotatable bonds is 3. The van der Waals surface area contributed by atoms with E-state index in [-0.39, 0.29) is 0 Å². The average Bonchev–Trinajstić information content (AvgIpc) is 2.38. The van der Waals surface area contributed by atoms with E-state index < -0.39 is 0 Å². The van der Waals surface area contributed by atoms with Crippen LogP contribution in [0.15, 0.2) is 18.2 Å². The lowest BCUT2D eigenvalue weighted by Gasteiger charge is -2.13. The Morgan fingerprint density at radius 2 is 1.74 bits per heavy atom. The van der Waals surface area contributed by atoms with Crippen molar-refractivity contribution in [3.05, 3.63) is 40.7 Å². The van der Waals surface area contributed by atoms with E-state index in [2.05, 4.69) is 28.4 Å². The molecule has 0 fully saturated rings. The van der Waals surface area contributed by atoms with Crippen LogP contribution in [0.25, 0.3) is 0 Å². The fourth-order valence-electron chi connectivity index (χ4n) is 1.85. The molecule has 0 radical (unpaired) electrons. The zero-order valence-corrected chi connectivity index (χ0v) is 11.6.